The van der Waals surface area contributed by atoms with Crippen LogP contribution in [0.25, 0.3) is 0 Å². The van der Waals surface area contributed by atoms with Gasteiger partial charge in [0.1, 0.15) is 5.92 Å². The second kappa shape index (κ2) is 3.36. The van der Waals surface area contributed by atoms with Gasteiger partial charge in [0, 0.05) is 19.8 Å². The first-order chi connectivity index (χ1) is 5.65. The van der Waals surface area contributed by atoms with Crippen molar-refractivity contribution in [2.75, 3.05) is 6.54 Å². The fourth-order valence-corrected chi connectivity index (χ4v) is 0.967. The number of aromatic nitrogens is 2. The first-order valence-electron chi connectivity index (χ1n) is 3.57. The fraction of sp³-hybridized carbons (Fsp3) is 0.429. The van der Waals surface area contributed by atoms with Gasteiger partial charge in [0.15, 0.2) is 0 Å². The molecule has 0 saturated carbocycles. The van der Waals surface area contributed by atoms with Gasteiger partial charge < -0.3 is 10.8 Å². The number of rotatable bonds is 3. The summed E-state index contributed by atoms with van der Waals surface area (Å²) >= 11 is 0. The van der Waals surface area contributed by atoms with E-state index in [1.54, 1.807) is 24.0 Å². The molecule has 0 aromatic carbocycles. The van der Waals surface area contributed by atoms with Gasteiger partial charge in [-0.1, -0.05) is 0 Å². The highest BCUT2D eigenvalue weighted by Gasteiger charge is 2.19. The number of nitrogens with two attached hydrogens (primary N) is 1. The van der Waals surface area contributed by atoms with Crippen molar-refractivity contribution in [2.24, 2.45) is 12.8 Å². The Morgan fingerprint density at radius 1 is 1.92 bits per heavy atom. The van der Waals surface area contributed by atoms with Gasteiger partial charge in [0.25, 0.3) is 0 Å². The van der Waals surface area contributed by atoms with Gasteiger partial charge in [-0.2, -0.15) is 5.10 Å². The minimum absolute atomic E-state index is 0.0757. The summed E-state index contributed by atoms with van der Waals surface area (Å²) in [5.74, 6) is -1.62. The smallest absolute Gasteiger partial charge is 0.313 e. The molecule has 12 heavy (non-hydrogen) atoms. The highest BCUT2D eigenvalue weighted by Crippen LogP contribution is 2.10. The summed E-state index contributed by atoms with van der Waals surface area (Å²) in [6.07, 6.45) is 1.70. The molecule has 1 aromatic heterocycles. The molecule has 1 atom stereocenters. The Morgan fingerprint density at radius 3 is 2.92 bits per heavy atom. The van der Waals surface area contributed by atoms with Crippen LogP contribution in [0.1, 0.15) is 11.6 Å². The fourth-order valence-electron chi connectivity index (χ4n) is 0.967. The molecule has 0 aliphatic rings. The van der Waals surface area contributed by atoms with E-state index in [4.69, 9.17) is 10.8 Å². The highest BCUT2D eigenvalue weighted by atomic mass is 16.4. The summed E-state index contributed by atoms with van der Waals surface area (Å²) in [5.41, 5.74) is 5.79. The van der Waals surface area contributed by atoms with E-state index in [1.165, 1.54) is 0 Å². The van der Waals surface area contributed by atoms with Crippen molar-refractivity contribution in [1.29, 1.82) is 0 Å². The lowest BCUT2D eigenvalue weighted by Crippen LogP contribution is -2.21. The summed E-state index contributed by atoms with van der Waals surface area (Å²) in [6.45, 7) is 0.0757. The second-order valence-electron chi connectivity index (χ2n) is 2.54. The lowest BCUT2D eigenvalue weighted by atomic mass is 10.1. The SMILES string of the molecule is Cn1ccc(C(CN)C(=O)O)n1. The van der Waals surface area contributed by atoms with Crippen molar-refractivity contribution >= 4 is 5.97 Å². The van der Waals surface area contributed by atoms with Gasteiger partial charge in [0.2, 0.25) is 0 Å². The Morgan fingerprint density at radius 2 is 2.58 bits per heavy atom. The van der Waals surface area contributed by atoms with Gasteiger partial charge in [-0.3, -0.25) is 9.48 Å². The molecule has 3 N–H and O–H groups in total. The molecule has 0 spiro atoms. The topological polar surface area (TPSA) is 81.1 Å². The molecule has 1 aromatic rings. The minimum atomic E-state index is -0.934. The van der Waals surface area contributed by atoms with Crippen molar-refractivity contribution in [3.63, 3.8) is 0 Å². The quantitative estimate of drug-likeness (QED) is 0.642. The van der Waals surface area contributed by atoms with Crippen molar-refractivity contribution < 1.29 is 9.90 Å². The normalized spacial score (nSPS) is 12.8. The molecule has 1 rings (SSSR count). The van der Waals surface area contributed by atoms with Gasteiger partial charge in [-0.15, -0.1) is 0 Å². The molecule has 1 heterocycles. The van der Waals surface area contributed by atoms with Gasteiger partial charge in [0.05, 0.1) is 5.69 Å². The highest BCUT2D eigenvalue weighted by molar-refractivity contribution is 5.75. The third-order valence-corrected chi connectivity index (χ3v) is 1.63. The molecule has 5 heteroatoms. The third kappa shape index (κ3) is 1.62. The van der Waals surface area contributed by atoms with E-state index in [1.807, 2.05) is 0 Å². The lowest BCUT2D eigenvalue weighted by molar-refractivity contribution is -0.138. The van der Waals surface area contributed by atoms with E-state index in [-0.39, 0.29) is 6.54 Å². The van der Waals surface area contributed by atoms with Crippen molar-refractivity contribution in [3.05, 3.63) is 18.0 Å². The van der Waals surface area contributed by atoms with E-state index in [0.717, 1.165) is 0 Å². The Bertz CT molecular complexity index is 282. The van der Waals surface area contributed by atoms with Gasteiger partial charge in [-0.25, -0.2) is 0 Å². The number of aliphatic carboxylic acids is 1. The maximum absolute atomic E-state index is 10.6. The first-order valence-corrected chi connectivity index (χ1v) is 3.57. The maximum atomic E-state index is 10.6. The van der Waals surface area contributed by atoms with Crippen LogP contribution < -0.4 is 5.73 Å². The zero-order valence-corrected chi connectivity index (χ0v) is 6.77. The molecular weight excluding hydrogens is 158 g/mol. The molecular formula is C7H11N3O2. The van der Waals surface area contributed by atoms with Crippen LogP contribution in [0.15, 0.2) is 12.3 Å². The van der Waals surface area contributed by atoms with Crippen molar-refractivity contribution in [3.8, 4) is 0 Å². The molecule has 1 unspecified atom stereocenters. The summed E-state index contributed by atoms with van der Waals surface area (Å²) in [4.78, 5) is 10.6. The zero-order valence-electron chi connectivity index (χ0n) is 6.77. The van der Waals surface area contributed by atoms with Crippen LogP contribution >= 0.6 is 0 Å². The van der Waals surface area contributed by atoms with Crippen LogP contribution in [0.2, 0.25) is 0 Å². The van der Waals surface area contributed by atoms with E-state index in [2.05, 4.69) is 5.10 Å². The van der Waals surface area contributed by atoms with Crippen LogP contribution in [0.5, 0.6) is 0 Å². The predicted octanol–water partition coefficient (Wildman–Crippen LogP) is -0.453. The molecule has 5 nitrogen and oxygen atoms in total. The summed E-state index contributed by atoms with van der Waals surface area (Å²) in [6, 6.07) is 1.66. The number of nitrogens with zero attached hydrogens (tertiary/aromatic N) is 2. The van der Waals surface area contributed by atoms with Crippen LogP contribution in [0.3, 0.4) is 0 Å². The molecule has 0 aliphatic carbocycles. The Labute approximate surface area is 69.8 Å². The second-order valence-corrected chi connectivity index (χ2v) is 2.54. The molecule has 0 aliphatic heterocycles. The average Bonchev–Trinajstić information content (AvgIpc) is 2.37. The zero-order chi connectivity index (χ0) is 9.14. The molecule has 66 valence electrons. The number of carboxylic acids is 1. The van der Waals surface area contributed by atoms with Crippen molar-refractivity contribution in [2.45, 2.75) is 5.92 Å². The monoisotopic (exact) mass is 169 g/mol. The number of carboxylic acid groups (broad SMARTS) is 1. The molecule has 0 radical (unpaired) electrons. The summed E-state index contributed by atoms with van der Waals surface area (Å²) in [7, 11) is 1.74. The van der Waals surface area contributed by atoms with Crippen molar-refractivity contribution in [1.82, 2.24) is 9.78 Å². The predicted molar refractivity (Wildman–Crippen MR) is 42.6 cm³/mol. The molecule has 0 saturated heterocycles. The van der Waals surface area contributed by atoms with E-state index < -0.39 is 11.9 Å². The van der Waals surface area contributed by atoms with Crippen LogP contribution in [0.4, 0.5) is 0 Å². The summed E-state index contributed by atoms with van der Waals surface area (Å²) < 4.78 is 1.56. The van der Waals surface area contributed by atoms with Crippen LogP contribution in [0, 0.1) is 0 Å². The largest absolute Gasteiger partial charge is 0.481 e. The summed E-state index contributed by atoms with van der Waals surface area (Å²) in [5, 5.41) is 12.7. The maximum Gasteiger partial charge on any atom is 0.313 e. The van der Waals surface area contributed by atoms with Gasteiger partial charge in [-0.05, 0) is 6.07 Å². The Balaban J connectivity index is 2.87. The van der Waals surface area contributed by atoms with E-state index in [0.29, 0.717) is 5.69 Å². The van der Waals surface area contributed by atoms with E-state index in [9.17, 15) is 4.79 Å². The van der Waals surface area contributed by atoms with E-state index >= 15 is 0 Å². The van der Waals surface area contributed by atoms with Crippen LogP contribution in [-0.2, 0) is 11.8 Å². The average molecular weight is 169 g/mol. The molecule has 0 bridgehead atoms. The minimum Gasteiger partial charge on any atom is -0.481 e. The van der Waals surface area contributed by atoms with Gasteiger partial charge >= 0.3 is 5.97 Å². The van der Waals surface area contributed by atoms with Crippen LogP contribution in [-0.4, -0.2) is 27.4 Å². The molecule has 0 amide bonds. The Kier molecular flexibility index (Phi) is 2.44. The Hall–Kier alpha value is -1.36. The first kappa shape index (κ1) is 8.73. The lowest BCUT2D eigenvalue weighted by Gasteiger charge is -2.04. The molecule has 0 fully saturated rings. The number of hydrogen-bond acceptors (Lipinski definition) is 3. The number of aryl methyl sites for hydroxylation is 1. The number of carbonyl (C=O) groups is 1. The third-order valence-electron chi connectivity index (χ3n) is 1.63. The number of hydrogen-bond donors (Lipinski definition) is 2. The standard InChI is InChI=1S/C7H11N3O2/c1-10-3-2-6(9-10)5(4-8)7(11)12/h2-3,5H,4,8H2,1H3,(H,11,12).